The van der Waals surface area contributed by atoms with E-state index in [0.717, 1.165) is 17.5 Å². The molecule has 0 bridgehead atoms. The number of amides is 4. The lowest BCUT2D eigenvalue weighted by molar-refractivity contribution is -0.144. The van der Waals surface area contributed by atoms with E-state index in [1.54, 1.807) is 23.8 Å². The van der Waals surface area contributed by atoms with Crippen LogP contribution in [0, 0.1) is 5.92 Å². The van der Waals surface area contributed by atoms with Gasteiger partial charge in [-0.3, -0.25) is 19.2 Å². The van der Waals surface area contributed by atoms with Crippen LogP contribution in [0.2, 0.25) is 0 Å². The minimum absolute atomic E-state index is 0.0244. The molecule has 9 heteroatoms. The topological polar surface area (TPSA) is 111 Å². The SMILES string of the molecule is CN[C@@H](C)C(=O)N[C@H]1CN(C(=O)CC(C)C)CCC[C@H]2CC[C@@H](C(=O)NC(c3ccccc3)c3ccccc3)N2C1=O. The third-order valence-corrected chi connectivity index (χ3v) is 8.36. The largest absolute Gasteiger partial charge is 0.343 e. The van der Waals surface area contributed by atoms with Gasteiger partial charge in [0.15, 0.2) is 0 Å². The van der Waals surface area contributed by atoms with Crippen molar-refractivity contribution in [3.05, 3.63) is 71.8 Å². The first kappa shape index (κ1) is 31.2. The highest BCUT2D eigenvalue weighted by molar-refractivity contribution is 5.94. The quantitative estimate of drug-likeness (QED) is 0.426. The molecule has 4 amide bonds. The van der Waals surface area contributed by atoms with Gasteiger partial charge in [0.05, 0.1) is 12.1 Å². The molecule has 3 N–H and O–H groups in total. The van der Waals surface area contributed by atoms with Crippen molar-refractivity contribution in [3.8, 4) is 0 Å². The molecule has 2 aliphatic heterocycles. The lowest BCUT2D eigenvalue weighted by Crippen LogP contribution is -2.60. The highest BCUT2D eigenvalue weighted by Crippen LogP contribution is 2.31. The smallest absolute Gasteiger partial charge is 0.247 e. The number of nitrogens with one attached hydrogen (secondary N) is 3. The Morgan fingerprint density at radius 3 is 2.10 bits per heavy atom. The van der Waals surface area contributed by atoms with Gasteiger partial charge in [-0.25, -0.2) is 0 Å². The number of hydrogen-bond acceptors (Lipinski definition) is 5. The zero-order valence-corrected chi connectivity index (χ0v) is 25.2. The molecular weight excluding hydrogens is 530 g/mol. The van der Waals surface area contributed by atoms with Gasteiger partial charge in [-0.1, -0.05) is 74.5 Å². The molecule has 42 heavy (non-hydrogen) atoms. The summed E-state index contributed by atoms with van der Waals surface area (Å²) in [6.45, 7) is 6.30. The van der Waals surface area contributed by atoms with Gasteiger partial charge in [0.25, 0.3) is 0 Å². The molecule has 2 heterocycles. The number of benzene rings is 2. The minimum atomic E-state index is -0.947. The molecule has 0 saturated carbocycles. The van der Waals surface area contributed by atoms with Crippen LogP contribution in [0.25, 0.3) is 0 Å². The van der Waals surface area contributed by atoms with Crippen molar-refractivity contribution in [3.63, 3.8) is 0 Å². The van der Waals surface area contributed by atoms with E-state index < -0.39 is 18.1 Å². The maximum Gasteiger partial charge on any atom is 0.247 e. The zero-order chi connectivity index (χ0) is 30.2. The van der Waals surface area contributed by atoms with Crippen molar-refractivity contribution < 1.29 is 19.2 Å². The molecule has 0 aromatic heterocycles. The van der Waals surface area contributed by atoms with Crippen molar-refractivity contribution in [2.45, 2.75) is 83.1 Å². The van der Waals surface area contributed by atoms with Crippen LogP contribution in [-0.4, -0.2) is 77.7 Å². The number of carbonyl (C=O) groups is 4. The Kier molecular flexibility index (Phi) is 10.7. The predicted octanol–water partition coefficient (Wildman–Crippen LogP) is 3.01. The Labute approximate surface area is 249 Å². The highest BCUT2D eigenvalue weighted by atomic mass is 16.2. The first-order valence-electron chi connectivity index (χ1n) is 15.2. The van der Waals surface area contributed by atoms with E-state index in [0.29, 0.717) is 32.2 Å². The van der Waals surface area contributed by atoms with Crippen molar-refractivity contribution in [2.75, 3.05) is 20.1 Å². The zero-order valence-electron chi connectivity index (χ0n) is 25.2. The Hall–Kier alpha value is -3.72. The van der Waals surface area contributed by atoms with Gasteiger partial charge in [-0.15, -0.1) is 0 Å². The van der Waals surface area contributed by atoms with Crippen LogP contribution >= 0.6 is 0 Å². The average Bonchev–Trinajstić information content (AvgIpc) is 3.43. The van der Waals surface area contributed by atoms with Crippen LogP contribution in [0.15, 0.2) is 60.7 Å². The van der Waals surface area contributed by atoms with Crippen molar-refractivity contribution >= 4 is 23.6 Å². The summed E-state index contributed by atoms with van der Waals surface area (Å²) in [6.07, 6.45) is 3.02. The predicted molar refractivity (Wildman–Crippen MR) is 162 cm³/mol. The molecule has 226 valence electrons. The van der Waals surface area contributed by atoms with E-state index in [-0.39, 0.29) is 48.2 Å². The molecule has 4 rings (SSSR count). The van der Waals surface area contributed by atoms with Gasteiger partial charge in [0.1, 0.15) is 12.1 Å². The second-order valence-electron chi connectivity index (χ2n) is 11.9. The van der Waals surface area contributed by atoms with Gasteiger partial charge in [0.2, 0.25) is 23.6 Å². The molecule has 2 saturated heterocycles. The Bertz CT molecular complexity index is 1180. The van der Waals surface area contributed by atoms with Crippen molar-refractivity contribution in [1.82, 2.24) is 25.8 Å². The summed E-state index contributed by atoms with van der Waals surface area (Å²) in [4.78, 5) is 57.8. The molecule has 9 nitrogen and oxygen atoms in total. The van der Waals surface area contributed by atoms with E-state index in [1.807, 2.05) is 74.5 Å². The lowest BCUT2D eigenvalue weighted by atomic mass is 9.98. The molecule has 2 fully saturated rings. The normalized spacial score (nSPS) is 21.8. The van der Waals surface area contributed by atoms with Crippen LogP contribution in [-0.2, 0) is 19.2 Å². The number of likely N-dealkylation sites (N-methyl/N-ethyl adjacent to an activating group) is 1. The molecule has 4 atom stereocenters. The standard InChI is InChI=1S/C33H45N5O4/c1-22(2)20-29(39)37-19-11-16-26-17-18-28(38(26)33(42)27(21-37)35-31(40)23(3)34-4)32(41)36-30(24-12-7-5-8-13-24)25-14-9-6-10-15-25/h5-10,12-15,22-23,26-28,30,34H,11,16-21H2,1-4H3,(H,35,40)(H,36,41)/t23-,26-,27-,28-/m0/s1. The number of rotatable bonds is 9. The van der Waals surface area contributed by atoms with E-state index >= 15 is 0 Å². The van der Waals surface area contributed by atoms with Gasteiger partial charge in [0, 0.05) is 25.6 Å². The summed E-state index contributed by atoms with van der Waals surface area (Å²) in [5.41, 5.74) is 1.90. The highest BCUT2D eigenvalue weighted by Gasteiger charge is 2.45. The fraction of sp³-hybridized carbons (Fsp3) is 0.515. The maximum atomic E-state index is 14.3. The van der Waals surface area contributed by atoms with Crippen LogP contribution in [0.5, 0.6) is 0 Å². The first-order chi connectivity index (χ1) is 20.2. The lowest BCUT2D eigenvalue weighted by Gasteiger charge is -2.34. The molecule has 2 aromatic carbocycles. The third-order valence-electron chi connectivity index (χ3n) is 8.36. The summed E-state index contributed by atoms with van der Waals surface area (Å²) in [5, 5.41) is 9.05. The van der Waals surface area contributed by atoms with Crippen LogP contribution in [0.3, 0.4) is 0 Å². The number of hydrogen-bond donors (Lipinski definition) is 3. The number of nitrogens with zero attached hydrogens (tertiary/aromatic N) is 2. The molecule has 0 aliphatic carbocycles. The molecule has 2 aliphatic rings. The summed E-state index contributed by atoms with van der Waals surface area (Å²) in [5.74, 6) is -0.699. The maximum absolute atomic E-state index is 14.3. The molecule has 0 radical (unpaired) electrons. The Balaban J connectivity index is 1.62. The molecule has 2 aromatic rings. The van der Waals surface area contributed by atoms with Crippen molar-refractivity contribution in [1.29, 1.82) is 0 Å². The fourth-order valence-electron chi connectivity index (χ4n) is 5.97. The summed E-state index contributed by atoms with van der Waals surface area (Å²) in [6, 6.07) is 17.0. The fourth-order valence-corrected chi connectivity index (χ4v) is 5.97. The molecular formula is C33H45N5O4. The summed E-state index contributed by atoms with van der Waals surface area (Å²) < 4.78 is 0. The van der Waals surface area contributed by atoms with E-state index in [1.165, 1.54) is 0 Å². The van der Waals surface area contributed by atoms with Crippen LogP contribution < -0.4 is 16.0 Å². The first-order valence-corrected chi connectivity index (χ1v) is 15.2. The summed E-state index contributed by atoms with van der Waals surface area (Å²) in [7, 11) is 1.68. The van der Waals surface area contributed by atoms with Gasteiger partial charge < -0.3 is 25.8 Å². The van der Waals surface area contributed by atoms with Crippen LogP contribution in [0.4, 0.5) is 0 Å². The van der Waals surface area contributed by atoms with Gasteiger partial charge in [-0.2, -0.15) is 0 Å². The molecule has 0 unspecified atom stereocenters. The van der Waals surface area contributed by atoms with Gasteiger partial charge in [-0.05, 0) is 56.7 Å². The average molecular weight is 576 g/mol. The number of carbonyl (C=O) groups excluding carboxylic acids is 4. The second-order valence-corrected chi connectivity index (χ2v) is 11.9. The van der Waals surface area contributed by atoms with Crippen molar-refractivity contribution in [2.24, 2.45) is 5.92 Å². The Morgan fingerprint density at radius 2 is 1.52 bits per heavy atom. The van der Waals surface area contributed by atoms with Gasteiger partial charge >= 0.3 is 0 Å². The van der Waals surface area contributed by atoms with E-state index in [4.69, 9.17) is 0 Å². The minimum Gasteiger partial charge on any atom is -0.343 e. The van der Waals surface area contributed by atoms with E-state index in [2.05, 4.69) is 16.0 Å². The van der Waals surface area contributed by atoms with E-state index in [9.17, 15) is 19.2 Å². The second kappa shape index (κ2) is 14.4. The third kappa shape index (κ3) is 7.56. The monoisotopic (exact) mass is 575 g/mol. The Morgan fingerprint density at radius 1 is 0.905 bits per heavy atom. The number of fused-ring (bicyclic) bond motifs is 1. The van der Waals surface area contributed by atoms with Crippen LogP contribution in [0.1, 0.15) is 70.0 Å². The molecule has 0 spiro atoms. The summed E-state index contributed by atoms with van der Waals surface area (Å²) >= 11 is 0.